The Bertz CT molecular complexity index is 224. The molecule has 0 bridgehead atoms. The lowest BCUT2D eigenvalue weighted by Gasteiger charge is -2.38. The summed E-state index contributed by atoms with van der Waals surface area (Å²) in [6, 6.07) is 0.576. The zero-order valence-corrected chi connectivity index (χ0v) is 9.83. The van der Waals surface area contributed by atoms with Crippen LogP contribution in [0.25, 0.3) is 0 Å². The van der Waals surface area contributed by atoms with Gasteiger partial charge in [-0.25, -0.2) is 0 Å². The molecule has 1 rings (SSSR count). The van der Waals surface area contributed by atoms with Crippen LogP contribution < -0.4 is 0 Å². The third kappa shape index (κ3) is 2.31. The molecule has 0 spiro atoms. The Labute approximate surface area is 87.9 Å². The summed E-state index contributed by atoms with van der Waals surface area (Å²) in [7, 11) is 0. The molecule has 0 aromatic heterocycles. The van der Waals surface area contributed by atoms with Crippen LogP contribution in [0.1, 0.15) is 27.7 Å². The molecule has 0 fully saturated rings. The van der Waals surface area contributed by atoms with Crippen LogP contribution in [0.15, 0.2) is 24.0 Å². The van der Waals surface area contributed by atoms with Crippen LogP contribution in [0.3, 0.4) is 0 Å². The molecular weight excluding hydrogens is 172 g/mol. The van der Waals surface area contributed by atoms with Crippen molar-refractivity contribution in [3.63, 3.8) is 0 Å². The molecule has 1 aliphatic rings. The van der Waals surface area contributed by atoms with Crippen LogP contribution >= 0.6 is 0 Å². The summed E-state index contributed by atoms with van der Waals surface area (Å²) < 4.78 is 0. The van der Waals surface area contributed by atoms with Crippen molar-refractivity contribution in [3.05, 3.63) is 24.0 Å². The number of rotatable bonds is 4. The quantitative estimate of drug-likeness (QED) is 0.678. The molecule has 1 heterocycles. The molecule has 0 aromatic carbocycles. The van der Waals surface area contributed by atoms with Crippen LogP contribution in [0, 0.1) is 0 Å². The molecule has 0 radical (unpaired) electrons. The van der Waals surface area contributed by atoms with E-state index in [0.29, 0.717) is 6.04 Å². The Hall–Kier alpha value is -0.920. The van der Waals surface area contributed by atoms with Gasteiger partial charge in [-0.05, 0) is 33.8 Å². The molecule has 14 heavy (non-hydrogen) atoms. The minimum Gasteiger partial charge on any atom is -0.359 e. The van der Waals surface area contributed by atoms with E-state index in [9.17, 15) is 0 Å². The minimum atomic E-state index is 0.576. The van der Waals surface area contributed by atoms with Gasteiger partial charge in [0.05, 0.1) is 0 Å². The molecule has 0 atom stereocenters. The van der Waals surface area contributed by atoms with Gasteiger partial charge in [-0.2, -0.15) is 0 Å². The van der Waals surface area contributed by atoms with E-state index in [1.54, 1.807) is 0 Å². The number of allylic oxidation sites excluding steroid dienone is 2. The summed E-state index contributed by atoms with van der Waals surface area (Å²) in [5.74, 6) is 1.37. The fourth-order valence-electron chi connectivity index (χ4n) is 1.83. The first-order valence-corrected chi connectivity index (χ1v) is 5.59. The van der Waals surface area contributed by atoms with E-state index in [1.807, 2.05) is 0 Å². The topological polar surface area (TPSA) is 6.48 Å². The zero-order chi connectivity index (χ0) is 10.6. The van der Waals surface area contributed by atoms with E-state index >= 15 is 0 Å². The summed E-state index contributed by atoms with van der Waals surface area (Å²) in [4.78, 5) is 4.84. The number of hydrogen-bond acceptors (Lipinski definition) is 2. The SMILES string of the molecule is CCN(CC)C1=CC=CCN1C(C)C. The first kappa shape index (κ1) is 11.2. The molecule has 0 N–H and O–H groups in total. The van der Waals surface area contributed by atoms with Crippen molar-refractivity contribution in [2.24, 2.45) is 0 Å². The van der Waals surface area contributed by atoms with E-state index in [2.05, 4.69) is 55.7 Å². The van der Waals surface area contributed by atoms with Gasteiger partial charge in [-0.1, -0.05) is 12.2 Å². The third-order valence-corrected chi connectivity index (χ3v) is 2.69. The molecule has 1 aliphatic heterocycles. The van der Waals surface area contributed by atoms with E-state index in [1.165, 1.54) is 5.82 Å². The predicted molar refractivity (Wildman–Crippen MR) is 62.0 cm³/mol. The lowest BCUT2D eigenvalue weighted by molar-refractivity contribution is 0.200. The highest BCUT2D eigenvalue weighted by Crippen LogP contribution is 2.17. The molecule has 0 saturated carbocycles. The van der Waals surface area contributed by atoms with Gasteiger partial charge in [0.1, 0.15) is 5.82 Å². The fraction of sp³-hybridized carbons (Fsp3) is 0.667. The largest absolute Gasteiger partial charge is 0.359 e. The Morgan fingerprint density at radius 2 is 2.00 bits per heavy atom. The first-order chi connectivity index (χ1) is 6.70. The van der Waals surface area contributed by atoms with Gasteiger partial charge >= 0.3 is 0 Å². The summed E-state index contributed by atoms with van der Waals surface area (Å²) in [6.07, 6.45) is 6.59. The molecule has 0 unspecified atom stereocenters. The van der Waals surface area contributed by atoms with Crippen molar-refractivity contribution in [2.75, 3.05) is 19.6 Å². The second-order valence-corrected chi connectivity index (χ2v) is 3.87. The smallest absolute Gasteiger partial charge is 0.104 e. The molecule has 2 heteroatoms. The standard InChI is InChI=1S/C12H22N2/c1-5-13(6-2)12-9-7-8-10-14(12)11(3)4/h7-9,11H,5-6,10H2,1-4H3. The molecular formula is C12H22N2. The summed E-state index contributed by atoms with van der Waals surface area (Å²) in [6.45, 7) is 12.1. The highest BCUT2D eigenvalue weighted by atomic mass is 15.3. The van der Waals surface area contributed by atoms with Crippen molar-refractivity contribution in [2.45, 2.75) is 33.7 Å². The van der Waals surface area contributed by atoms with Crippen molar-refractivity contribution in [1.29, 1.82) is 0 Å². The maximum atomic E-state index is 2.44. The summed E-state index contributed by atoms with van der Waals surface area (Å²) >= 11 is 0. The molecule has 80 valence electrons. The van der Waals surface area contributed by atoms with Crippen LogP contribution in [-0.4, -0.2) is 35.5 Å². The molecule has 0 aliphatic carbocycles. The zero-order valence-electron chi connectivity index (χ0n) is 9.83. The number of nitrogens with zero attached hydrogens (tertiary/aromatic N) is 2. The van der Waals surface area contributed by atoms with Gasteiger partial charge in [-0.3, -0.25) is 0 Å². The van der Waals surface area contributed by atoms with Crippen LogP contribution in [-0.2, 0) is 0 Å². The van der Waals surface area contributed by atoms with Gasteiger partial charge in [-0.15, -0.1) is 0 Å². The molecule has 0 amide bonds. The van der Waals surface area contributed by atoms with Crippen LogP contribution in [0.5, 0.6) is 0 Å². The highest BCUT2D eigenvalue weighted by molar-refractivity contribution is 5.17. The monoisotopic (exact) mass is 194 g/mol. The maximum Gasteiger partial charge on any atom is 0.104 e. The average Bonchev–Trinajstić information content (AvgIpc) is 2.20. The van der Waals surface area contributed by atoms with Crippen LogP contribution in [0.2, 0.25) is 0 Å². The van der Waals surface area contributed by atoms with Gasteiger partial charge < -0.3 is 9.80 Å². The fourth-order valence-corrected chi connectivity index (χ4v) is 1.83. The van der Waals surface area contributed by atoms with Crippen molar-refractivity contribution in [1.82, 2.24) is 9.80 Å². The minimum absolute atomic E-state index is 0.576. The second kappa shape index (κ2) is 5.08. The lowest BCUT2D eigenvalue weighted by atomic mass is 10.2. The summed E-state index contributed by atoms with van der Waals surface area (Å²) in [5.41, 5.74) is 0. The van der Waals surface area contributed by atoms with Crippen molar-refractivity contribution >= 4 is 0 Å². The van der Waals surface area contributed by atoms with Crippen molar-refractivity contribution in [3.8, 4) is 0 Å². The van der Waals surface area contributed by atoms with Gasteiger partial charge in [0.15, 0.2) is 0 Å². The molecule has 0 aromatic rings. The Kier molecular flexibility index (Phi) is 4.05. The predicted octanol–water partition coefficient (Wildman–Crippen LogP) is 2.45. The Morgan fingerprint density at radius 1 is 1.36 bits per heavy atom. The molecule has 0 saturated heterocycles. The maximum absolute atomic E-state index is 2.44. The normalized spacial score (nSPS) is 16.1. The van der Waals surface area contributed by atoms with E-state index < -0.39 is 0 Å². The van der Waals surface area contributed by atoms with E-state index in [4.69, 9.17) is 0 Å². The second-order valence-electron chi connectivity index (χ2n) is 3.87. The number of hydrogen-bond donors (Lipinski definition) is 0. The highest BCUT2D eigenvalue weighted by Gasteiger charge is 2.17. The Balaban J connectivity index is 2.80. The van der Waals surface area contributed by atoms with Gasteiger partial charge in [0.2, 0.25) is 0 Å². The van der Waals surface area contributed by atoms with E-state index in [-0.39, 0.29) is 0 Å². The average molecular weight is 194 g/mol. The lowest BCUT2D eigenvalue weighted by Crippen LogP contribution is -2.40. The third-order valence-electron chi connectivity index (χ3n) is 2.69. The van der Waals surface area contributed by atoms with Gasteiger partial charge in [0.25, 0.3) is 0 Å². The van der Waals surface area contributed by atoms with E-state index in [0.717, 1.165) is 19.6 Å². The van der Waals surface area contributed by atoms with Crippen LogP contribution in [0.4, 0.5) is 0 Å². The Morgan fingerprint density at radius 3 is 2.50 bits per heavy atom. The van der Waals surface area contributed by atoms with Gasteiger partial charge in [0, 0.05) is 25.7 Å². The van der Waals surface area contributed by atoms with Crippen molar-refractivity contribution < 1.29 is 0 Å². The summed E-state index contributed by atoms with van der Waals surface area (Å²) in [5, 5.41) is 0. The molecule has 2 nitrogen and oxygen atoms in total. The first-order valence-electron chi connectivity index (χ1n) is 5.59.